The highest BCUT2D eigenvalue weighted by atomic mass is 16.5. The van der Waals surface area contributed by atoms with Crippen LogP contribution in [0.1, 0.15) is 26.7 Å². The minimum atomic E-state index is 0.129. The van der Waals surface area contributed by atoms with Gasteiger partial charge in [0.05, 0.1) is 18.8 Å². The van der Waals surface area contributed by atoms with E-state index in [4.69, 9.17) is 4.74 Å². The van der Waals surface area contributed by atoms with E-state index >= 15 is 0 Å². The maximum atomic E-state index is 12.6. The van der Waals surface area contributed by atoms with Crippen molar-refractivity contribution in [1.29, 1.82) is 0 Å². The number of aromatic nitrogens is 3. The van der Waals surface area contributed by atoms with Gasteiger partial charge in [-0.25, -0.2) is 4.98 Å². The van der Waals surface area contributed by atoms with Crippen LogP contribution in [0.2, 0.25) is 0 Å². The molecule has 0 radical (unpaired) electrons. The molecule has 7 nitrogen and oxygen atoms in total. The first-order valence-corrected chi connectivity index (χ1v) is 8.58. The Hall–Kier alpha value is -1.47. The molecule has 2 saturated heterocycles. The van der Waals surface area contributed by atoms with Crippen LogP contribution in [0, 0.1) is 5.92 Å². The van der Waals surface area contributed by atoms with Crippen LogP contribution >= 0.6 is 0 Å². The number of amides is 1. The van der Waals surface area contributed by atoms with Gasteiger partial charge < -0.3 is 9.64 Å². The molecule has 3 heterocycles. The van der Waals surface area contributed by atoms with E-state index in [9.17, 15) is 4.79 Å². The van der Waals surface area contributed by atoms with Crippen molar-refractivity contribution in [2.45, 2.75) is 45.4 Å². The van der Waals surface area contributed by atoms with Crippen LogP contribution in [0.4, 0.5) is 0 Å². The molecule has 1 aromatic heterocycles. The summed E-state index contributed by atoms with van der Waals surface area (Å²) in [7, 11) is 0. The first-order chi connectivity index (χ1) is 11.1. The Kier molecular flexibility index (Phi) is 5.27. The highest BCUT2D eigenvalue weighted by Crippen LogP contribution is 2.18. The van der Waals surface area contributed by atoms with Crippen molar-refractivity contribution in [2.24, 2.45) is 5.92 Å². The first kappa shape index (κ1) is 16.4. The van der Waals surface area contributed by atoms with Gasteiger partial charge in [0.1, 0.15) is 12.7 Å². The molecule has 0 bridgehead atoms. The number of ether oxygens (including phenoxy) is 1. The van der Waals surface area contributed by atoms with Gasteiger partial charge in [-0.1, -0.05) is 0 Å². The molecule has 1 aromatic rings. The van der Waals surface area contributed by atoms with E-state index in [1.54, 1.807) is 12.7 Å². The van der Waals surface area contributed by atoms with Crippen LogP contribution in [0.5, 0.6) is 0 Å². The number of hydrogen-bond donors (Lipinski definition) is 0. The molecular formula is C16H27N5O2. The summed E-state index contributed by atoms with van der Waals surface area (Å²) in [6, 6.07) is 0. The van der Waals surface area contributed by atoms with Crippen molar-refractivity contribution in [2.75, 3.05) is 32.7 Å². The van der Waals surface area contributed by atoms with Gasteiger partial charge in [-0.2, -0.15) is 5.10 Å². The lowest BCUT2D eigenvalue weighted by molar-refractivity contribution is -0.144. The van der Waals surface area contributed by atoms with Crippen molar-refractivity contribution in [1.82, 2.24) is 24.6 Å². The molecule has 2 aliphatic rings. The standard InChI is InChI=1S/C16H27N5O2/c1-13-6-20(7-14(2)23-13)16(22)10-19-5-3-4-15(8-19)9-21-12-17-11-18-21/h11-15H,3-10H2,1-2H3/t13-,14+,15-/m1/s1. The molecule has 0 unspecified atom stereocenters. The fourth-order valence-electron chi connectivity index (χ4n) is 3.71. The zero-order valence-electron chi connectivity index (χ0n) is 14.1. The second-order valence-electron chi connectivity index (χ2n) is 6.92. The highest BCUT2D eigenvalue weighted by Gasteiger charge is 2.28. The van der Waals surface area contributed by atoms with Crippen LogP contribution in [-0.2, 0) is 16.1 Å². The Balaban J connectivity index is 1.49. The Labute approximate surface area is 137 Å². The maximum Gasteiger partial charge on any atom is 0.236 e. The molecule has 128 valence electrons. The zero-order chi connectivity index (χ0) is 16.2. The predicted molar refractivity (Wildman–Crippen MR) is 85.8 cm³/mol. The fraction of sp³-hybridized carbons (Fsp3) is 0.812. The quantitative estimate of drug-likeness (QED) is 0.814. The van der Waals surface area contributed by atoms with E-state index < -0.39 is 0 Å². The van der Waals surface area contributed by atoms with Crippen molar-refractivity contribution in [3.63, 3.8) is 0 Å². The Morgan fingerprint density at radius 2 is 2.04 bits per heavy atom. The molecule has 0 aromatic carbocycles. The number of hydrogen-bond acceptors (Lipinski definition) is 5. The number of morpholine rings is 1. The highest BCUT2D eigenvalue weighted by molar-refractivity contribution is 5.78. The van der Waals surface area contributed by atoms with Crippen LogP contribution < -0.4 is 0 Å². The van der Waals surface area contributed by atoms with E-state index in [0.717, 1.165) is 26.1 Å². The number of rotatable bonds is 4. The Morgan fingerprint density at radius 3 is 2.74 bits per heavy atom. The summed E-state index contributed by atoms with van der Waals surface area (Å²) in [5.41, 5.74) is 0. The van der Waals surface area contributed by atoms with Crippen molar-refractivity contribution in [3.8, 4) is 0 Å². The third-order valence-corrected chi connectivity index (χ3v) is 4.65. The summed E-state index contributed by atoms with van der Waals surface area (Å²) in [6.07, 6.45) is 5.93. The number of nitrogens with zero attached hydrogens (tertiary/aromatic N) is 5. The lowest BCUT2D eigenvalue weighted by atomic mass is 9.98. The maximum absolute atomic E-state index is 12.6. The number of likely N-dealkylation sites (tertiary alicyclic amines) is 1. The van der Waals surface area contributed by atoms with Gasteiger partial charge >= 0.3 is 0 Å². The van der Waals surface area contributed by atoms with Crippen LogP contribution in [0.25, 0.3) is 0 Å². The largest absolute Gasteiger partial charge is 0.372 e. The van der Waals surface area contributed by atoms with Crippen LogP contribution in [-0.4, -0.2) is 75.4 Å². The third kappa shape index (κ3) is 4.51. The Bertz CT molecular complexity index is 497. The molecule has 0 spiro atoms. The van der Waals surface area contributed by atoms with E-state index in [0.29, 0.717) is 25.6 Å². The van der Waals surface area contributed by atoms with Gasteiger partial charge in [-0.3, -0.25) is 14.4 Å². The summed E-state index contributed by atoms with van der Waals surface area (Å²) in [4.78, 5) is 20.8. The summed E-state index contributed by atoms with van der Waals surface area (Å²) in [5.74, 6) is 0.772. The number of carbonyl (C=O) groups excluding carboxylic acids is 1. The monoisotopic (exact) mass is 321 g/mol. The predicted octanol–water partition coefficient (Wildman–Crippen LogP) is 0.626. The van der Waals surface area contributed by atoms with Crippen molar-refractivity contribution >= 4 is 5.91 Å². The third-order valence-electron chi connectivity index (χ3n) is 4.65. The van der Waals surface area contributed by atoms with E-state index in [2.05, 4.69) is 15.0 Å². The van der Waals surface area contributed by atoms with E-state index in [1.807, 2.05) is 23.4 Å². The fourth-order valence-corrected chi connectivity index (χ4v) is 3.71. The molecular weight excluding hydrogens is 294 g/mol. The minimum Gasteiger partial charge on any atom is -0.372 e. The molecule has 2 aliphatic heterocycles. The van der Waals surface area contributed by atoms with Gasteiger partial charge in [0.15, 0.2) is 0 Å². The van der Waals surface area contributed by atoms with Gasteiger partial charge in [0, 0.05) is 26.2 Å². The molecule has 23 heavy (non-hydrogen) atoms. The topological polar surface area (TPSA) is 63.5 Å². The summed E-state index contributed by atoms with van der Waals surface area (Å²) in [5, 5.41) is 4.18. The SMILES string of the molecule is C[C@@H]1CN(C(=O)CN2CCC[C@@H](Cn3cncn3)C2)C[C@H](C)O1. The molecule has 1 amide bonds. The molecule has 7 heteroatoms. The van der Waals surface area contributed by atoms with E-state index in [-0.39, 0.29) is 18.1 Å². The second kappa shape index (κ2) is 7.40. The average Bonchev–Trinajstić information content (AvgIpc) is 2.99. The molecule has 0 saturated carbocycles. The van der Waals surface area contributed by atoms with Crippen LogP contribution in [0.3, 0.4) is 0 Å². The first-order valence-electron chi connectivity index (χ1n) is 8.58. The van der Waals surface area contributed by atoms with Crippen molar-refractivity contribution < 1.29 is 9.53 Å². The number of carbonyl (C=O) groups is 1. The smallest absolute Gasteiger partial charge is 0.236 e. The second-order valence-corrected chi connectivity index (χ2v) is 6.92. The van der Waals surface area contributed by atoms with E-state index in [1.165, 1.54) is 6.42 Å². The van der Waals surface area contributed by atoms with Gasteiger partial charge in [0.25, 0.3) is 0 Å². The normalized spacial score (nSPS) is 29.7. The van der Waals surface area contributed by atoms with Gasteiger partial charge in [-0.05, 0) is 39.2 Å². The lowest BCUT2D eigenvalue weighted by Gasteiger charge is -2.38. The minimum absolute atomic E-state index is 0.129. The van der Waals surface area contributed by atoms with Gasteiger partial charge in [-0.15, -0.1) is 0 Å². The Morgan fingerprint density at radius 1 is 1.26 bits per heavy atom. The van der Waals surface area contributed by atoms with Gasteiger partial charge in [0.2, 0.25) is 5.91 Å². The molecule has 2 fully saturated rings. The van der Waals surface area contributed by atoms with Crippen molar-refractivity contribution in [3.05, 3.63) is 12.7 Å². The summed E-state index contributed by atoms with van der Waals surface area (Å²) < 4.78 is 7.60. The molecule has 3 rings (SSSR count). The summed E-state index contributed by atoms with van der Waals surface area (Å²) in [6.45, 7) is 8.86. The molecule has 3 atom stereocenters. The van der Waals surface area contributed by atoms with Crippen LogP contribution in [0.15, 0.2) is 12.7 Å². The molecule has 0 aliphatic carbocycles. The summed E-state index contributed by atoms with van der Waals surface area (Å²) >= 11 is 0. The molecule has 0 N–H and O–H groups in total. The zero-order valence-corrected chi connectivity index (χ0v) is 14.1. The lowest BCUT2D eigenvalue weighted by Crippen LogP contribution is -2.52. The average molecular weight is 321 g/mol. The number of piperidine rings is 1.